The molecular formula is C22H19N5O4. The Morgan fingerprint density at radius 2 is 1.81 bits per heavy atom. The van der Waals surface area contributed by atoms with E-state index in [2.05, 4.69) is 15.1 Å². The monoisotopic (exact) mass is 417 g/mol. The van der Waals surface area contributed by atoms with Crippen LogP contribution in [0.4, 0.5) is 5.69 Å². The lowest BCUT2D eigenvalue weighted by Gasteiger charge is -2.17. The highest BCUT2D eigenvalue weighted by Gasteiger charge is 2.44. The number of benzene rings is 2. The fourth-order valence-corrected chi connectivity index (χ4v) is 4.09. The molecule has 2 amide bonds. The summed E-state index contributed by atoms with van der Waals surface area (Å²) >= 11 is 0. The summed E-state index contributed by atoms with van der Waals surface area (Å²) in [4.78, 5) is 47.9. The fraction of sp³-hybridized carbons (Fsp3) is 0.182. The van der Waals surface area contributed by atoms with Crippen LogP contribution in [0.1, 0.15) is 23.6 Å². The van der Waals surface area contributed by atoms with Crippen molar-refractivity contribution in [1.29, 1.82) is 0 Å². The molecule has 5 rings (SSSR count). The first-order chi connectivity index (χ1) is 15.0. The number of carbonyl (C=O) groups excluding carboxylic acids is 2. The van der Waals surface area contributed by atoms with E-state index >= 15 is 0 Å². The molecule has 1 aliphatic heterocycles. The van der Waals surface area contributed by atoms with E-state index in [1.807, 2.05) is 24.3 Å². The van der Waals surface area contributed by atoms with Gasteiger partial charge in [-0.1, -0.05) is 24.3 Å². The number of amides is 2. The SMILES string of the molecule is COc1ccccc1N1C(=O)CC(c2c(C)[nH]n(-c3nc4ccccc4[nH]3)c2=O)C1=O. The van der Waals surface area contributed by atoms with E-state index in [0.717, 1.165) is 10.4 Å². The lowest BCUT2D eigenvalue weighted by Crippen LogP contribution is -2.31. The lowest BCUT2D eigenvalue weighted by atomic mass is 9.98. The molecule has 0 bridgehead atoms. The average molecular weight is 417 g/mol. The average Bonchev–Trinajstić information content (AvgIpc) is 3.41. The van der Waals surface area contributed by atoms with Gasteiger partial charge in [0.1, 0.15) is 5.75 Å². The van der Waals surface area contributed by atoms with Crippen molar-refractivity contribution in [3.8, 4) is 11.7 Å². The second-order valence-corrected chi connectivity index (χ2v) is 7.36. The van der Waals surface area contributed by atoms with Crippen molar-refractivity contribution in [2.24, 2.45) is 0 Å². The summed E-state index contributed by atoms with van der Waals surface area (Å²) in [6, 6.07) is 14.2. The molecule has 1 saturated heterocycles. The Kier molecular flexibility index (Phi) is 4.25. The standard InChI is InChI=1S/C22H19N5O4/c1-12-19(21(30)27(25-12)22-23-14-7-3-4-8-15(14)24-22)13-11-18(28)26(20(13)29)16-9-5-6-10-17(16)31-2/h3-10,13,25H,11H2,1-2H3,(H,23,24). The Morgan fingerprint density at radius 3 is 2.58 bits per heavy atom. The van der Waals surface area contributed by atoms with Gasteiger partial charge in [-0.15, -0.1) is 0 Å². The number of para-hydroxylation sites is 4. The molecule has 1 unspecified atom stereocenters. The fourth-order valence-electron chi connectivity index (χ4n) is 4.09. The largest absolute Gasteiger partial charge is 0.495 e. The maximum atomic E-state index is 13.2. The van der Waals surface area contributed by atoms with Crippen LogP contribution in [-0.4, -0.2) is 38.7 Å². The van der Waals surface area contributed by atoms with Crippen LogP contribution in [0, 0.1) is 6.92 Å². The van der Waals surface area contributed by atoms with Crippen LogP contribution < -0.4 is 15.2 Å². The minimum Gasteiger partial charge on any atom is -0.495 e. The molecule has 1 fully saturated rings. The van der Waals surface area contributed by atoms with Gasteiger partial charge in [-0.2, -0.15) is 4.68 Å². The number of methoxy groups -OCH3 is 1. The molecule has 0 aliphatic carbocycles. The highest BCUT2D eigenvalue weighted by molar-refractivity contribution is 6.23. The Hall–Kier alpha value is -4.14. The summed E-state index contributed by atoms with van der Waals surface area (Å²) in [5.41, 5.74) is 2.23. The molecule has 4 aromatic rings. The molecule has 0 spiro atoms. The summed E-state index contributed by atoms with van der Waals surface area (Å²) in [6.07, 6.45) is -0.0923. The summed E-state index contributed by atoms with van der Waals surface area (Å²) in [7, 11) is 1.48. The number of aromatic nitrogens is 4. The van der Waals surface area contributed by atoms with Gasteiger partial charge in [-0.25, -0.2) is 9.88 Å². The third kappa shape index (κ3) is 2.85. The van der Waals surface area contributed by atoms with E-state index in [1.165, 1.54) is 11.8 Å². The number of hydrogen-bond acceptors (Lipinski definition) is 5. The topological polar surface area (TPSA) is 113 Å². The molecule has 1 aliphatic rings. The number of carbonyl (C=O) groups is 2. The normalized spacial score (nSPS) is 16.5. The summed E-state index contributed by atoms with van der Waals surface area (Å²) in [6.45, 7) is 1.71. The number of hydrogen-bond donors (Lipinski definition) is 2. The number of imidazole rings is 1. The highest BCUT2D eigenvalue weighted by atomic mass is 16.5. The van der Waals surface area contributed by atoms with Crippen molar-refractivity contribution in [3.63, 3.8) is 0 Å². The Balaban J connectivity index is 1.56. The van der Waals surface area contributed by atoms with Crippen molar-refractivity contribution < 1.29 is 14.3 Å². The molecule has 9 heteroatoms. The molecule has 0 saturated carbocycles. The van der Waals surface area contributed by atoms with Crippen molar-refractivity contribution in [1.82, 2.24) is 19.7 Å². The maximum Gasteiger partial charge on any atom is 0.278 e. The third-order valence-electron chi connectivity index (χ3n) is 5.53. The van der Waals surface area contributed by atoms with E-state index in [0.29, 0.717) is 28.6 Å². The smallest absolute Gasteiger partial charge is 0.278 e. The van der Waals surface area contributed by atoms with Gasteiger partial charge >= 0.3 is 0 Å². The Labute approximate surface area is 176 Å². The zero-order valence-corrected chi connectivity index (χ0v) is 16.9. The van der Waals surface area contributed by atoms with Gasteiger partial charge in [0.15, 0.2) is 0 Å². The molecule has 3 heterocycles. The number of imide groups is 1. The molecular weight excluding hydrogens is 398 g/mol. The minimum absolute atomic E-state index is 0.0923. The van der Waals surface area contributed by atoms with Gasteiger partial charge in [0.05, 0.1) is 35.3 Å². The van der Waals surface area contributed by atoms with Gasteiger partial charge in [0.2, 0.25) is 17.8 Å². The predicted molar refractivity (Wildman–Crippen MR) is 114 cm³/mol. The van der Waals surface area contributed by atoms with Crippen LogP contribution in [0.25, 0.3) is 17.0 Å². The molecule has 0 radical (unpaired) electrons. The molecule has 1 atom stereocenters. The van der Waals surface area contributed by atoms with Crippen molar-refractivity contribution in [3.05, 3.63) is 70.1 Å². The van der Waals surface area contributed by atoms with Gasteiger partial charge < -0.3 is 9.72 Å². The Bertz CT molecular complexity index is 1360. The van der Waals surface area contributed by atoms with Crippen molar-refractivity contribution in [2.75, 3.05) is 12.0 Å². The van der Waals surface area contributed by atoms with E-state index in [1.54, 1.807) is 31.2 Å². The van der Waals surface area contributed by atoms with E-state index in [9.17, 15) is 14.4 Å². The van der Waals surface area contributed by atoms with Gasteiger partial charge in [-0.05, 0) is 31.2 Å². The zero-order chi connectivity index (χ0) is 21.7. The number of H-pyrrole nitrogens is 2. The molecule has 156 valence electrons. The van der Waals surface area contributed by atoms with Crippen LogP contribution >= 0.6 is 0 Å². The summed E-state index contributed by atoms with van der Waals surface area (Å²) in [5.74, 6) is -0.985. The Morgan fingerprint density at radius 1 is 1.06 bits per heavy atom. The molecule has 2 aromatic carbocycles. The molecule has 2 N–H and O–H groups in total. The number of aromatic amines is 2. The maximum absolute atomic E-state index is 13.2. The van der Waals surface area contributed by atoms with E-state index < -0.39 is 17.4 Å². The first kappa shape index (κ1) is 18.9. The first-order valence-electron chi connectivity index (χ1n) is 9.76. The van der Waals surface area contributed by atoms with Crippen LogP contribution in [0.15, 0.2) is 53.3 Å². The van der Waals surface area contributed by atoms with Crippen LogP contribution in [0.5, 0.6) is 5.75 Å². The quantitative estimate of drug-likeness (QED) is 0.495. The number of aryl methyl sites for hydroxylation is 1. The molecule has 31 heavy (non-hydrogen) atoms. The third-order valence-corrected chi connectivity index (χ3v) is 5.53. The zero-order valence-electron chi connectivity index (χ0n) is 16.9. The van der Waals surface area contributed by atoms with Crippen LogP contribution in [0.3, 0.4) is 0 Å². The number of ether oxygens (including phenoxy) is 1. The van der Waals surface area contributed by atoms with Crippen molar-refractivity contribution >= 4 is 28.5 Å². The van der Waals surface area contributed by atoms with Gasteiger partial charge in [0.25, 0.3) is 5.56 Å². The van der Waals surface area contributed by atoms with E-state index in [4.69, 9.17) is 4.74 Å². The highest BCUT2D eigenvalue weighted by Crippen LogP contribution is 2.37. The van der Waals surface area contributed by atoms with Crippen LogP contribution in [-0.2, 0) is 9.59 Å². The molecule has 9 nitrogen and oxygen atoms in total. The number of fused-ring (bicyclic) bond motifs is 1. The second kappa shape index (κ2) is 6.98. The van der Waals surface area contributed by atoms with E-state index in [-0.39, 0.29) is 17.9 Å². The lowest BCUT2D eigenvalue weighted by molar-refractivity contribution is -0.121. The minimum atomic E-state index is -0.883. The summed E-state index contributed by atoms with van der Waals surface area (Å²) in [5, 5.41) is 2.98. The van der Waals surface area contributed by atoms with Gasteiger partial charge in [-0.3, -0.25) is 19.5 Å². The van der Waals surface area contributed by atoms with Crippen molar-refractivity contribution in [2.45, 2.75) is 19.3 Å². The number of nitrogens with one attached hydrogen (secondary N) is 2. The first-order valence-corrected chi connectivity index (χ1v) is 9.76. The predicted octanol–water partition coefficient (Wildman–Crippen LogP) is 2.41. The second-order valence-electron chi connectivity index (χ2n) is 7.36. The van der Waals surface area contributed by atoms with Crippen LogP contribution in [0.2, 0.25) is 0 Å². The number of nitrogens with zero attached hydrogens (tertiary/aromatic N) is 3. The summed E-state index contributed by atoms with van der Waals surface area (Å²) < 4.78 is 6.58. The number of anilines is 1. The van der Waals surface area contributed by atoms with Gasteiger partial charge in [0, 0.05) is 12.1 Å². The molecule has 2 aromatic heterocycles. The number of rotatable bonds is 4.